The lowest BCUT2D eigenvalue weighted by atomic mass is 10.1. The molecule has 0 bridgehead atoms. The van der Waals surface area contributed by atoms with Gasteiger partial charge in [0, 0.05) is 31.0 Å². The lowest BCUT2D eigenvalue weighted by Crippen LogP contribution is -2.06. The minimum absolute atomic E-state index is 0.283. The Hall–Kier alpha value is -2.54. The van der Waals surface area contributed by atoms with Gasteiger partial charge in [-0.1, -0.05) is 12.1 Å². The normalized spacial score (nSPS) is 10.9. The summed E-state index contributed by atoms with van der Waals surface area (Å²) in [5.74, 6) is 0.279. The molecule has 0 fully saturated rings. The first-order valence-corrected chi connectivity index (χ1v) is 6.13. The fourth-order valence-electron chi connectivity index (χ4n) is 1.92. The molecule has 0 aliphatic rings. The van der Waals surface area contributed by atoms with Crippen molar-refractivity contribution in [1.29, 1.82) is 0 Å². The van der Waals surface area contributed by atoms with E-state index in [9.17, 15) is 4.39 Å². The van der Waals surface area contributed by atoms with Gasteiger partial charge in [0.15, 0.2) is 5.82 Å². The van der Waals surface area contributed by atoms with Gasteiger partial charge in [-0.15, -0.1) is 10.2 Å². The number of halogens is 1. The number of benzene rings is 1. The van der Waals surface area contributed by atoms with Crippen LogP contribution in [0.3, 0.4) is 0 Å². The maximum absolute atomic E-state index is 13.8. The van der Waals surface area contributed by atoms with Crippen molar-refractivity contribution in [2.24, 2.45) is 5.73 Å². The number of aromatic nitrogens is 4. The van der Waals surface area contributed by atoms with Crippen LogP contribution in [-0.2, 0) is 13.1 Å². The molecule has 6 nitrogen and oxygen atoms in total. The molecule has 3 aromatic rings. The Kier molecular flexibility index (Phi) is 3.26. The van der Waals surface area contributed by atoms with Crippen LogP contribution >= 0.6 is 0 Å². The second-order valence-corrected chi connectivity index (χ2v) is 4.32. The third-order valence-corrected chi connectivity index (χ3v) is 3.02. The van der Waals surface area contributed by atoms with Gasteiger partial charge in [-0.2, -0.15) is 0 Å². The van der Waals surface area contributed by atoms with Crippen molar-refractivity contribution in [1.82, 2.24) is 19.6 Å². The molecule has 102 valence electrons. The Bertz CT molecular complexity index is 739. The molecular weight excluding hydrogens is 259 g/mol. The zero-order valence-electron chi connectivity index (χ0n) is 10.6. The van der Waals surface area contributed by atoms with E-state index in [1.807, 2.05) is 6.07 Å². The number of hydrogen-bond donors (Lipinski definition) is 2. The van der Waals surface area contributed by atoms with Crippen LogP contribution in [0.1, 0.15) is 11.1 Å². The third kappa shape index (κ3) is 2.30. The molecule has 7 heteroatoms. The van der Waals surface area contributed by atoms with Crippen LogP contribution in [0.15, 0.2) is 36.9 Å². The van der Waals surface area contributed by atoms with E-state index in [2.05, 4.69) is 20.5 Å². The summed E-state index contributed by atoms with van der Waals surface area (Å²) in [5.41, 5.74) is 7.39. The number of nitrogens with one attached hydrogen (secondary N) is 1. The number of anilines is 1. The van der Waals surface area contributed by atoms with Gasteiger partial charge >= 0.3 is 0 Å². The Balaban J connectivity index is 1.81. The first-order valence-electron chi connectivity index (χ1n) is 6.13. The molecule has 2 aromatic heterocycles. The summed E-state index contributed by atoms with van der Waals surface area (Å²) in [4.78, 5) is 4.18. The smallest absolute Gasteiger partial charge is 0.203 e. The van der Waals surface area contributed by atoms with E-state index >= 15 is 0 Å². The molecule has 3 N–H and O–H groups in total. The number of rotatable bonds is 4. The van der Waals surface area contributed by atoms with Crippen LogP contribution in [0.2, 0.25) is 0 Å². The van der Waals surface area contributed by atoms with Gasteiger partial charge in [0.1, 0.15) is 12.1 Å². The molecular formula is C13H13FN6. The lowest BCUT2D eigenvalue weighted by molar-refractivity contribution is 0.610. The molecule has 0 saturated heterocycles. The van der Waals surface area contributed by atoms with Crippen LogP contribution in [0.5, 0.6) is 0 Å². The molecule has 0 radical (unpaired) electrons. The highest BCUT2D eigenvalue weighted by atomic mass is 19.1. The molecule has 0 aliphatic carbocycles. The highest BCUT2D eigenvalue weighted by Crippen LogP contribution is 2.14. The van der Waals surface area contributed by atoms with Crippen molar-refractivity contribution >= 4 is 11.5 Å². The predicted octanol–water partition coefficient (Wildman–Crippen LogP) is 1.33. The van der Waals surface area contributed by atoms with Crippen molar-refractivity contribution in [3.8, 4) is 0 Å². The average Bonchev–Trinajstić information content (AvgIpc) is 2.95. The van der Waals surface area contributed by atoms with Gasteiger partial charge in [0.2, 0.25) is 5.65 Å². The number of fused-ring (bicyclic) bond motifs is 1. The fourth-order valence-corrected chi connectivity index (χ4v) is 1.92. The SMILES string of the molecule is NCc1ccc(CNc2nccn3cnnc23)c(F)c1. The molecule has 20 heavy (non-hydrogen) atoms. The van der Waals surface area contributed by atoms with Crippen LogP contribution in [0.4, 0.5) is 10.2 Å². The second-order valence-electron chi connectivity index (χ2n) is 4.32. The average molecular weight is 272 g/mol. The quantitative estimate of drug-likeness (QED) is 0.749. The van der Waals surface area contributed by atoms with Gasteiger partial charge in [0.05, 0.1) is 0 Å². The minimum Gasteiger partial charge on any atom is -0.363 e. The molecule has 0 spiro atoms. The summed E-state index contributed by atoms with van der Waals surface area (Å²) in [6.07, 6.45) is 4.96. The Morgan fingerprint density at radius 3 is 3.05 bits per heavy atom. The Morgan fingerprint density at radius 2 is 2.25 bits per heavy atom. The molecule has 2 heterocycles. The zero-order valence-corrected chi connectivity index (χ0v) is 10.6. The predicted molar refractivity (Wildman–Crippen MR) is 72.4 cm³/mol. The lowest BCUT2D eigenvalue weighted by Gasteiger charge is -2.08. The second kappa shape index (κ2) is 5.22. The van der Waals surface area contributed by atoms with Crippen molar-refractivity contribution in [3.05, 3.63) is 53.9 Å². The summed E-state index contributed by atoms with van der Waals surface area (Å²) in [7, 11) is 0. The molecule has 1 aromatic carbocycles. The maximum atomic E-state index is 13.8. The van der Waals surface area contributed by atoms with Gasteiger partial charge in [-0.05, 0) is 11.6 Å². The van der Waals surface area contributed by atoms with Crippen LogP contribution in [0, 0.1) is 5.82 Å². The molecule has 0 atom stereocenters. The summed E-state index contributed by atoms with van der Waals surface area (Å²) in [6.45, 7) is 0.640. The monoisotopic (exact) mass is 272 g/mol. The highest BCUT2D eigenvalue weighted by molar-refractivity contribution is 5.61. The highest BCUT2D eigenvalue weighted by Gasteiger charge is 2.07. The van der Waals surface area contributed by atoms with E-state index in [0.717, 1.165) is 5.56 Å². The minimum atomic E-state index is -0.283. The first kappa shape index (κ1) is 12.5. The Labute approximate surface area is 114 Å². The molecule has 0 aliphatic heterocycles. The molecule has 0 unspecified atom stereocenters. The summed E-state index contributed by atoms with van der Waals surface area (Å²) in [6, 6.07) is 4.97. The maximum Gasteiger partial charge on any atom is 0.203 e. The number of nitrogens with two attached hydrogens (primary N) is 1. The van der Waals surface area contributed by atoms with Crippen molar-refractivity contribution in [3.63, 3.8) is 0 Å². The number of hydrogen-bond acceptors (Lipinski definition) is 5. The standard InChI is InChI=1S/C13H13FN6/c14-11-5-9(6-15)1-2-10(11)7-17-12-13-19-18-8-20(13)4-3-16-12/h1-5,8H,6-7,15H2,(H,16,17). The van der Waals surface area contributed by atoms with Gasteiger partial charge < -0.3 is 11.1 Å². The summed E-state index contributed by atoms with van der Waals surface area (Å²) >= 11 is 0. The van der Waals surface area contributed by atoms with Gasteiger partial charge in [-0.25, -0.2) is 9.37 Å². The third-order valence-electron chi connectivity index (χ3n) is 3.02. The van der Waals surface area contributed by atoms with E-state index in [4.69, 9.17) is 5.73 Å². The zero-order chi connectivity index (χ0) is 13.9. The van der Waals surface area contributed by atoms with E-state index in [1.54, 1.807) is 29.2 Å². The fraction of sp³-hybridized carbons (Fsp3) is 0.154. The summed E-state index contributed by atoms with van der Waals surface area (Å²) < 4.78 is 15.6. The Morgan fingerprint density at radius 1 is 1.35 bits per heavy atom. The van der Waals surface area contributed by atoms with E-state index in [0.29, 0.717) is 30.1 Å². The van der Waals surface area contributed by atoms with Crippen molar-refractivity contribution < 1.29 is 4.39 Å². The van der Waals surface area contributed by atoms with Gasteiger partial charge in [-0.3, -0.25) is 4.40 Å². The largest absolute Gasteiger partial charge is 0.363 e. The van der Waals surface area contributed by atoms with E-state index in [1.165, 1.54) is 6.07 Å². The van der Waals surface area contributed by atoms with Crippen molar-refractivity contribution in [2.75, 3.05) is 5.32 Å². The molecule has 0 amide bonds. The molecule has 3 rings (SSSR count). The van der Waals surface area contributed by atoms with E-state index in [-0.39, 0.29) is 5.82 Å². The van der Waals surface area contributed by atoms with Gasteiger partial charge in [0.25, 0.3) is 0 Å². The first-order chi connectivity index (χ1) is 9.78. The van der Waals surface area contributed by atoms with E-state index < -0.39 is 0 Å². The number of nitrogens with zero attached hydrogens (tertiary/aromatic N) is 4. The summed E-state index contributed by atoms with van der Waals surface area (Å²) in [5, 5.41) is 10.8. The molecule has 0 saturated carbocycles. The van der Waals surface area contributed by atoms with Crippen molar-refractivity contribution in [2.45, 2.75) is 13.1 Å². The van der Waals surface area contributed by atoms with Crippen LogP contribution in [-0.4, -0.2) is 19.6 Å². The van der Waals surface area contributed by atoms with Crippen LogP contribution < -0.4 is 11.1 Å². The topological polar surface area (TPSA) is 81.1 Å². The van der Waals surface area contributed by atoms with Crippen LogP contribution in [0.25, 0.3) is 5.65 Å².